The van der Waals surface area contributed by atoms with Crippen molar-refractivity contribution in [2.24, 2.45) is 0 Å². The van der Waals surface area contributed by atoms with Crippen molar-refractivity contribution in [2.45, 2.75) is 5.41 Å². The SMILES string of the molecule is c1ccc(-c2ccccc2-c2ccc(N(c3cccc4c3Oc3c(ccc5c3-c3ccccc3C53c5ccccc5-c5ccccc53)O4)c3cccc4ccccc34)cc2)cc1. The number of ether oxygens (including phenoxy) is 2. The molecule has 290 valence electrons. The van der Waals surface area contributed by atoms with Crippen molar-refractivity contribution in [3.8, 4) is 67.5 Å². The minimum absolute atomic E-state index is 0.493. The highest BCUT2D eigenvalue weighted by molar-refractivity contribution is 6.01. The highest BCUT2D eigenvalue weighted by Crippen LogP contribution is 2.67. The lowest BCUT2D eigenvalue weighted by molar-refractivity contribution is 0.361. The average molecular weight is 792 g/mol. The third-order valence-electron chi connectivity index (χ3n) is 13.2. The van der Waals surface area contributed by atoms with Crippen molar-refractivity contribution in [1.29, 1.82) is 0 Å². The molecule has 1 aliphatic heterocycles. The monoisotopic (exact) mass is 791 g/mol. The van der Waals surface area contributed by atoms with Gasteiger partial charge in [-0.2, -0.15) is 0 Å². The summed E-state index contributed by atoms with van der Waals surface area (Å²) in [5.41, 5.74) is 17.0. The molecule has 0 amide bonds. The Morgan fingerprint density at radius 2 is 0.855 bits per heavy atom. The smallest absolute Gasteiger partial charge is 0.194 e. The fraction of sp³-hybridized carbons (Fsp3) is 0.0169. The number of hydrogen-bond acceptors (Lipinski definition) is 3. The lowest BCUT2D eigenvalue weighted by Crippen LogP contribution is -2.25. The van der Waals surface area contributed by atoms with Crippen LogP contribution in [0.4, 0.5) is 17.1 Å². The Morgan fingerprint density at radius 3 is 1.58 bits per heavy atom. The molecule has 3 aliphatic rings. The molecule has 2 aliphatic carbocycles. The first-order valence-electron chi connectivity index (χ1n) is 21.3. The second-order valence-electron chi connectivity index (χ2n) is 16.3. The van der Waals surface area contributed by atoms with Crippen LogP contribution in [0.25, 0.3) is 55.3 Å². The second kappa shape index (κ2) is 13.4. The van der Waals surface area contributed by atoms with Gasteiger partial charge in [0, 0.05) is 16.6 Å². The van der Waals surface area contributed by atoms with Gasteiger partial charge in [-0.05, 0) is 103 Å². The summed E-state index contributed by atoms with van der Waals surface area (Å²) in [4.78, 5) is 2.32. The molecule has 1 heterocycles. The molecule has 62 heavy (non-hydrogen) atoms. The van der Waals surface area contributed by atoms with Gasteiger partial charge in [0.15, 0.2) is 23.0 Å². The molecule has 13 rings (SSSR count). The van der Waals surface area contributed by atoms with Gasteiger partial charge in [0.2, 0.25) is 0 Å². The summed E-state index contributed by atoms with van der Waals surface area (Å²) < 4.78 is 14.4. The van der Waals surface area contributed by atoms with Crippen LogP contribution in [-0.2, 0) is 5.41 Å². The zero-order valence-corrected chi connectivity index (χ0v) is 33.6. The zero-order chi connectivity index (χ0) is 40.8. The molecular formula is C59H37NO2. The molecule has 0 unspecified atom stereocenters. The molecule has 3 nitrogen and oxygen atoms in total. The highest BCUT2D eigenvalue weighted by Gasteiger charge is 2.53. The van der Waals surface area contributed by atoms with Crippen molar-refractivity contribution in [2.75, 3.05) is 4.90 Å². The van der Waals surface area contributed by atoms with Crippen molar-refractivity contribution in [1.82, 2.24) is 0 Å². The summed E-state index contributed by atoms with van der Waals surface area (Å²) in [6.07, 6.45) is 0. The van der Waals surface area contributed by atoms with E-state index in [2.05, 4.69) is 223 Å². The van der Waals surface area contributed by atoms with E-state index in [0.717, 1.165) is 50.3 Å². The second-order valence-corrected chi connectivity index (χ2v) is 16.3. The largest absolute Gasteiger partial charge is 0.449 e. The number of benzene rings is 10. The fourth-order valence-corrected chi connectivity index (χ4v) is 10.6. The van der Waals surface area contributed by atoms with Crippen molar-refractivity contribution in [3.63, 3.8) is 0 Å². The van der Waals surface area contributed by atoms with Gasteiger partial charge >= 0.3 is 0 Å². The molecule has 0 atom stereocenters. The minimum atomic E-state index is -0.493. The normalized spacial score (nSPS) is 13.2. The van der Waals surface area contributed by atoms with E-state index in [4.69, 9.17) is 9.47 Å². The van der Waals surface area contributed by atoms with Gasteiger partial charge in [-0.15, -0.1) is 0 Å². The van der Waals surface area contributed by atoms with Crippen LogP contribution in [0.1, 0.15) is 22.3 Å². The van der Waals surface area contributed by atoms with Gasteiger partial charge < -0.3 is 14.4 Å². The molecule has 0 N–H and O–H groups in total. The average Bonchev–Trinajstić information content (AvgIpc) is 3.82. The van der Waals surface area contributed by atoms with Crippen LogP contribution in [0.5, 0.6) is 23.0 Å². The van der Waals surface area contributed by atoms with Crippen molar-refractivity contribution >= 4 is 27.8 Å². The molecule has 10 aromatic carbocycles. The Kier molecular flexibility index (Phi) is 7.52. The van der Waals surface area contributed by atoms with E-state index < -0.39 is 5.41 Å². The Balaban J connectivity index is 0.996. The number of hydrogen-bond donors (Lipinski definition) is 0. The van der Waals surface area contributed by atoms with Crippen LogP contribution in [0.15, 0.2) is 224 Å². The van der Waals surface area contributed by atoms with Crippen molar-refractivity contribution < 1.29 is 9.47 Å². The van der Waals surface area contributed by atoms with Gasteiger partial charge in [0.1, 0.15) is 0 Å². The third kappa shape index (κ3) is 4.88. The molecule has 0 saturated carbocycles. The van der Waals surface area contributed by atoms with Gasteiger partial charge in [0.25, 0.3) is 0 Å². The number of nitrogens with zero attached hydrogens (tertiary/aromatic N) is 1. The number of rotatable bonds is 5. The van der Waals surface area contributed by atoms with Crippen LogP contribution >= 0.6 is 0 Å². The Hall–Kier alpha value is -8.14. The Labute approximate surface area is 360 Å². The lowest BCUT2D eigenvalue weighted by Gasteiger charge is -2.32. The van der Waals surface area contributed by atoms with Gasteiger partial charge in [0.05, 0.1) is 16.8 Å². The summed E-state index contributed by atoms with van der Waals surface area (Å²) in [6.45, 7) is 0. The molecule has 0 fully saturated rings. The topological polar surface area (TPSA) is 21.7 Å². The molecule has 0 bridgehead atoms. The third-order valence-corrected chi connectivity index (χ3v) is 13.2. The number of fused-ring (bicyclic) bond motifs is 14. The van der Waals surface area contributed by atoms with E-state index >= 15 is 0 Å². The van der Waals surface area contributed by atoms with E-state index in [1.807, 2.05) is 6.07 Å². The predicted molar refractivity (Wildman–Crippen MR) is 252 cm³/mol. The maximum atomic E-state index is 7.41. The number of anilines is 3. The number of para-hydroxylation sites is 1. The van der Waals surface area contributed by atoms with E-state index in [0.29, 0.717) is 17.2 Å². The molecule has 0 radical (unpaired) electrons. The first-order valence-corrected chi connectivity index (χ1v) is 21.3. The zero-order valence-electron chi connectivity index (χ0n) is 33.6. The first kappa shape index (κ1) is 34.7. The fourth-order valence-electron chi connectivity index (χ4n) is 10.6. The van der Waals surface area contributed by atoms with Crippen LogP contribution < -0.4 is 14.4 Å². The molecular weight excluding hydrogens is 755 g/mol. The quantitative estimate of drug-likeness (QED) is 0.173. The van der Waals surface area contributed by atoms with Crippen molar-refractivity contribution in [3.05, 3.63) is 247 Å². The van der Waals surface area contributed by atoms with Crippen LogP contribution in [0.2, 0.25) is 0 Å². The molecule has 1 spiro atoms. The summed E-state index contributed by atoms with van der Waals surface area (Å²) in [7, 11) is 0. The standard InChI is InChI=1S/C59H37NO2/c1-2-16-38(17-3-1)42-20-6-7-21-43(42)40-32-34-41(35-33-40)60(52-29-14-19-39-18-4-5-22-44(39)52)53-30-15-31-54-57(53)62-58-55(61-54)37-36-51-56(58)47-25-10-13-28-50(47)59(51)48-26-11-8-23-45(48)46-24-9-12-27-49(46)59/h1-37H. The van der Waals surface area contributed by atoms with Gasteiger partial charge in [-0.3, -0.25) is 0 Å². The molecule has 0 saturated heterocycles. The Morgan fingerprint density at radius 1 is 0.323 bits per heavy atom. The van der Waals surface area contributed by atoms with Crippen LogP contribution in [0, 0.1) is 0 Å². The van der Waals surface area contributed by atoms with E-state index in [1.165, 1.54) is 50.1 Å². The molecule has 3 heteroatoms. The van der Waals surface area contributed by atoms with Gasteiger partial charge in [-0.25, -0.2) is 0 Å². The summed E-state index contributed by atoms with van der Waals surface area (Å²) in [6, 6.07) is 80.5. The first-order chi connectivity index (χ1) is 30.8. The summed E-state index contributed by atoms with van der Waals surface area (Å²) >= 11 is 0. The maximum Gasteiger partial charge on any atom is 0.194 e. The van der Waals surface area contributed by atoms with Gasteiger partial charge in [-0.1, -0.05) is 188 Å². The van der Waals surface area contributed by atoms with E-state index in [-0.39, 0.29) is 0 Å². The van der Waals surface area contributed by atoms with Crippen LogP contribution in [-0.4, -0.2) is 0 Å². The maximum absolute atomic E-state index is 7.41. The summed E-state index contributed by atoms with van der Waals surface area (Å²) in [5, 5.41) is 2.30. The Bertz CT molecular complexity index is 3370. The minimum Gasteiger partial charge on any atom is -0.449 e. The summed E-state index contributed by atoms with van der Waals surface area (Å²) in [5.74, 6) is 2.79. The molecule has 0 aromatic heterocycles. The predicted octanol–water partition coefficient (Wildman–Crippen LogP) is 15.9. The highest BCUT2D eigenvalue weighted by atomic mass is 16.6. The van der Waals surface area contributed by atoms with E-state index in [9.17, 15) is 0 Å². The van der Waals surface area contributed by atoms with Crippen LogP contribution in [0.3, 0.4) is 0 Å². The van der Waals surface area contributed by atoms with E-state index in [1.54, 1.807) is 0 Å². The lowest BCUT2D eigenvalue weighted by atomic mass is 9.70. The molecule has 10 aromatic rings.